The second-order valence-electron chi connectivity index (χ2n) is 8.25. The van der Waals surface area contributed by atoms with E-state index in [0.29, 0.717) is 22.6 Å². The smallest absolute Gasteiger partial charge is 0.243 e. The Kier molecular flexibility index (Phi) is 8.61. The fraction of sp³-hybridized carbons (Fsp3) is 0.259. The molecular weight excluding hydrogens is 439 g/mol. The Morgan fingerprint density at radius 3 is 2.15 bits per heavy atom. The molecule has 0 aromatic heterocycles. The van der Waals surface area contributed by atoms with Crippen LogP contribution in [0.5, 0.6) is 0 Å². The number of benzene rings is 3. The lowest BCUT2D eigenvalue weighted by molar-refractivity contribution is -0.141. The fourth-order valence-electron chi connectivity index (χ4n) is 3.65. The van der Waals surface area contributed by atoms with Gasteiger partial charge in [-0.3, -0.25) is 9.59 Å². The number of carbonyl (C=O) groups excluding carboxylic acids is 2. The Hall–Kier alpha value is -3.18. The van der Waals surface area contributed by atoms with Crippen LogP contribution >= 0.6 is 11.6 Å². The topological polar surface area (TPSA) is 49.4 Å². The van der Waals surface area contributed by atoms with E-state index in [1.807, 2.05) is 50.2 Å². The molecule has 6 heteroatoms. The molecule has 0 fully saturated rings. The van der Waals surface area contributed by atoms with E-state index in [1.165, 1.54) is 11.0 Å². The number of carbonyl (C=O) groups is 2. The summed E-state index contributed by atoms with van der Waals surface area (Å²) in [5.41, 5.74) is 1.91. The first-order valence-electron chi connectivity index (χ1n) is 11.0. The van der Waals surface area contributed by atoms with E-state index >= 15 is 0 Å². The molecule has 0 unspecified atom stereocenters. The van der Waals surface area contributed by atoms with Crippen LogP contribution in [-0.4, -0.2) is 28.8 Å². The zero-order chi connectivity index (χ0) is 23.8. The normalized spacial score (nSPS) is 11.8. The summed E-state index contributed by atoms with van der Waals surface area (Å²) in [5, 5.41) is 3.40. The van der Waals surface area contributed by atoms with Gasteiger partial charge in [0.05, 0.1) is 6.42 Å². The highest BCUT2D eigenvalue weighted by molar-refractivity contribution is 6.31. The molecule has 0 spiro atoms. The van der Waals surface area contributed by atoms with Crippen molar-refractivity contribution in [3.8, 4) is 0 Å². The highest BCUT2D eigenvalue weighted by atomic mass is 35.5. The summed E-state index contributed by atoms with van der Waals surface area (Å²) in [6.45, 7) is 3.70. The van der Waals surface area contributed by atoms with Gasteiger partial charge in [-0.1, -0.05) is 78.3 Å². The maximum absolute atomic E-state index is 14.5. The summed E-state index contributed by atoms with van der Waals surface area (Å²) in [4.78, 5) is 28.3. The summed E-state index contributed by atoms with van der Waals surface area (Å²) in [6.07, 6.45) is 0.316. The lowest BCUT2D eigenvalue weighted by Crippen LogP contribution is -2.52. The molecule has 3 aromatic carbocycles. The van der Waals surface area contributed by atoms with Gasteiger partial charge in [0.25, 0.3) is 0 Å². The van der Waals surface area contributed by atoms with Crippen LogP contribution in [0.2, 0.25) is 5.02 Å². The van der Waals surface area contributed by atoms with Gasteiger partial charge in [-0.25, -0.2) is 4.39 Å². The molecule has 1 atom stereocenters. The van der Waals surface area contributed by atoms with Crippen molar-refractivity contribution in [1.29, 1.82) is 0 Å². The number of hydrogen-bond acceptors (Lipinski definition) is 2. The first-order chi connectivity index (χ1) is 15.8. The quantitative estimate of drug-likeness (QED) is 0.472. The third kappa shape index (κ3) is 6.90. The van der Waals surface area contributed by atoms with E-state index in [2.05, 4.69) is 5.32 Å². The first kappa shape index (κ1) is 24.5. The molecule has 0 radical (unpaired) electrons. The second-order valence-corrected chi connectivity index (χ2v) is 8.66. The monoisotopic (exact) mass is 466 g/mol. The van der Waals surface area contributed by atoms with Crippen LogP contribution in [0.3, 0.4) is 0 Å². The number of amides is 2. The molecule has 2 amide bonds. The van der Waals surface area contributed by atoms with Crippen molar-refractivity contribution in [2.24, 2.45) is 0 Å². The van der Waals surface area contributed by atoms with Crippen molar-refractivity contribution in [2.45, 2.75) is 45.3 Å². The zero-order valence-corrected chi connectivity index (χ0v) is 19.6. The Balaban J connectivity index is 1.99. The molecule has 3 rings (SSSR count). The Morgan fingerprint density at radius 1 is 0.909 bits per heavy atom. The van der Waals surface area contributed by atoms with E-state index in [4.69, 9.17) is 11.6 Å². The molecule has 0 aliphatic rings. The standard InChI is InChI=1S/C27H28ClFN2O2/c1-19(2)30-27(33)25(16-20-10-4-3-5-11-20)31(18-22-13-7-9-15-24(22)29)26(32)17-21-12-6-8-14-23(21)28/h3-15,19,25H,16-18H2,1-2H3,(H,30,33)/t25-/m0/s1. The zero-order valence-electron chi connectivity index (χ0n) is 18.8. The minimum Gasteiger partial charge on any atom is -0.352 e. The van der Waals surface area contributed by atoms with Gasteiger partial charge in [0.2, 0.25) is 11.8 Å². The predicted molar refractivity (Wildman–Crippen MR) is 129 cm³/mol. The van der Waals surface area contributed by atoms with Crippen LogP contribution in [0.4, 0.5) is 4.39 Å². The van der Waals surface area contributed by atoms with E-state index in [-0.39, 0.29) is 30.8 Å². The molecule has 4 nitrogen and oxygen atoms in total. The molecule has 0 saturated carbocycles. The molecule has 172 valence electrons. The van der Waals surface area contributed by atoms with Gasteiger partial charge in [0.15, 0.2) is 0 Å². The molecule has 1 N–H and O–H groups in total. The van der Waals surface area contributed by atoms with Gasteiger partial charge < -0.3 is 10.2 Å². The van der Waals surface area contributed by atoms with Gasteiger partial charge in [0.1, 0.15) is 11.9 Å². The van der Waals surface area contributed by atoms with E-state index in [1.54, 1.807) is 36.4 Å². The second kappa shape index (κ2) is 11.6. The highest BCUT2D eigenvalue weighted by Gasteiger charge is 2.31. The SMILES string of the molecule is CC(C)NC(=O)[C@H](Cc1ccccc1)N(Cc1ccccc1F)C(=O)Cc1ccccc1Cl. The van der Waals surface area contributed by atoms with Crippen LogP contribution in [0.1, 0.15) is 30.5 Å². The van der Waals surface area contributed by atoms with Gasteiger partial charge in [-0.2, -0.15) is 0 Å². The van der Waals surface area contributed by atoms with Crippen LogP contribution in [0.15, 0.2) is 78.9 Å². The lowest BCUT2D eigenvalue weighted by atomic mass is 10.0. The largest absolute Gasteiger partial charge is 0.352 e. The average Bonchev–Trinajstić information content (AvgIpc) is 2.79. The van der Waals surface area contributed by atoms with Gasteiger partial charge in [-0.15, -0.1) is 0 Å². The van der Waals surface area contributed by atoms with Crippen molar-refractivity contribution < 1.29 is 14.0 Å². The van der Waals surface area contributed by atoms with Crippen molar-refractivity contribution in [3.05, 3.63) is 106 Å². The number of hydrogen-bond donors (Lipinski definition) is 1. The first-order valence-corrected chi connectivity index (χ1v) is 11.3. The van der Waals surface area contributed by atoms with E-state index < -0.39 is 11.9 Å². The number of nitrogens with zero attached hydrogens (tertiary/aromatic N) is 1. The molecule has 0 saturated heterocycles. The summed E-state index contributed by atoms with van der Waals surface area (Å²) < 4.78 is 14.5. The third-order valence-corrected chi connectivity index (χ3v) is 5.67. The van der Waals surface area contributed by atoms with Gasteiger partial charge in [-0.05, 0) is 37.1 Å². The number of halogens is 2. The fourth-order valence-corrected chi connectivity index (χ4v) is 3.85. The van der Waals surface area contributed by atoms with E-state index in [0.717, 1.165) is 5.56 Å². The maximum Gasteiger partial charge on any atom is 0.243 e. The van der Waals surface area contributed by atoms with Crippen molar-refractivity contribution in [2.75, 3.05) is 0 Å². The molecule has 0 aliphatic carbocycles. The van der Waals surface area contributed by atoms with Crippen LogP contribution in [-0.2, 0) is 29.0 Å². The Morgan fingerprint density at radius 2 is 1.52 bits per heavy atom. The number of rotatable bonds is 9. The Bertz CT molecular complexity index is 1090. The molecule has 0 aliphatic heterocycles. The maximum atomic E-state index is 14.5. The molecular formula is C27H28ClFN2O2. The summed E-state index contributed by atoms with van der Waals surface area (Å²) >= 11 is 6.29. The lowest BCUT2D eigenvalue weighted by Gasteiger charge is -2.32. The van der Waals surface area contributed by atoms with Crippen molar-refractivity contribution >= 4 is 23.4 Å². The highest BCUT2D eigenvalue weighted by Crippen LogP contribution is 2.21. The molecule has 3 aromatic rings. The van der Waals surface area contributed by atoms with Crippen molar-refractivity contribution in [1.82, 2.24) is 10.2 Å². The third-order valence-electron chi connectivity index (χ3n) is 5.30. The van der Waals surface area contributed by atoms with E-state index in [9.17, 15) is 14.0 Å². The minimum absolute atomic E-state index is 0.00831. The summed E-state index contributed by atoms with van der Waals surface area (Å²) in [5.74, 6) is -1.00. The predicted octanol–water partition coefficient (Wildman–Crippen LogP) is 5.19. The minimum atomic E-state index is -0.815. The molecule has 33 heavy (non-hydrogen) atoms. The summed E-state index contributed by atoms with van der Waals surface area (Å²) in [7, 11) is 0. The van der Waals surface area contributed by atoms with Gasteiger partial charge >= 0.3 is 0 Å². The number of nitrogens with one attached hydrogen (secondary N) is 1. The average molecular weight is 467 g/mol. The molecule has 0 heterocycles. The van der Waals surface area contributed by atoms with Crippen LogP contribution < -0.4 is 5.32 Å². The molecule has 0 bridgehead atoms. The van der Waals surface area contributed by atoms with Crippen molar-refractivity contribution in [3.63, 3.8) is 0 Å². The Labute approximate surface area is 199 Å². The van der Waals surface area contributed by atoms with Crippen LogP contribution in [0.25, 0.3) is 0 Å². The van der Waals surface area contributed by atoms with Crippen LogP contribution in [0, 0.1) is 5.82 Å². The summed E-state index contributed by atoms with van der Waals surface area (Å²) in [6, 6.07) is 22.0. The van der Waals surface area contributed by atoms with Gasteiger partial charge in [0, 0.05) is 29.6 Å².